The Kier molecular flexibility index (Phi) is 4.52. The number of nitrogens with zero attached hydrogens (tertiary/aromatic N) is 2. The van der Waals surface area contributed by atoms with Crippen LogP contribution in [0.3, 0.4) is 0 Å². The summed E-state index contributed by atoms with van der Waals surface area (Å²) in [5.74, 6) is -0.472. The highest BCUT2D eigenvalue weighted by molar-refractivity contribution is 7.92. The van der Waals surface area contributed by atoms with Gasteiger partial charge in [-0.1, -0.05) is 11.6 Å². The maximum atomic E-state index is 13.1. The lowest BCUT2D eigenvalue weighted by Crippen LogP contribution is -2.46. The SMILES string of the molecule is NC1(NC(=O)[C@H]2CC[C@@H](S(=O)(=O)c3ccc(-n4cccn4)cc3Cl)C2)CC1. The van der Waals surface area contributed by atoms with E-state index in [9.17, 15) is 13.2 Å². The molecule has 1 aromatic heterocycles. The fourth-order valence-electron chi connectivity index (χ4n) is 3.53. The van der Waals surface area contributed by atoms with Crippen LogP contribution in [0.2, 0.25) is 5.02 Å². The summed E-state index contributed by atoms with van der Waals surface area (Å²) >= 11 is 6.29. The van der Waals surface area contributed by atoms with E-state index in [0.717, 1.165) is 12.8 Å². The zero-order chi connectivity index (χ0) is 19.2. The van der Waals surface area contributed by atoms with Crippen molar-refractivity contribution in [2.24, 2.45) is 11.7 Å². The van der Waals surface area contributed by atoms with Gasteiger partial charge in [0.15, 0.2) is 9.84 Å². The van der Waals surface area contributed by atoms with Crippen molar-refractivity contribution in [2.45, 2.75) is 47.9 Å². The van der Waals surface area contributed by atoms with E-state index in [1.54, 1.807) is 35.3 Å². The van der Waals surface area contributed by atoms with Gasteiger partial charge in [-0.25, -0.2) is 13.1 Å². The third-order valence-electron chi connectivity index (χ3n) is 5.35. The van der Waals surface area contributed by atoms with E-state index < -0.39 is 20.8 Å². The van der Waals surface area contributed by atoms with Gasteiger partial charge in [-0.3, -0.25) is 4.79 Å². The molecular weight excluding hydrogens is 388 g/mol. The van der Waals surface area contributed by atoms with Gasteiger partial charge in [0.2, 0.25) is 5.91 Å². The van der Waals surface area contributed by atoms with Crippen LogP contribution in [0, 0.1) is 5.92 Å². The molecule has 7 nitrogen and oxygen atoms in total. The Labute approximate surface area is 162 Å². The quantitative estimate of drug-likeness (QED) is 0.736. The third-order valence-corrected chi connectivity index (χ3v) is 8.05. The molecule has 0 spiro atoms. The number of hydrogen-bond donors (Lipinski definition) is 2. The normalized spacial score (nSPS) is 23.9. The molecule has 0 unspecified atom stereocenters. The van der Waals surface area contributed by atoms with Crippen LogP contribution in [0.1, 0.15) is 32.1 Å². The Balaban J connectivity index is 1.51. The molecule has 0 bridgehead atoms. The standard InChI is InChI=1S/C18H21ClN4O3S/c19-15-11-13(23-9-1-8-21-23)3-5-16(15)27(25,26)14-4-2-12(10-14)17(24)22-18(20)6-7-18/h1,3,5,8-9,11-12,14H,2,4,6-7,10,20H2,(H,22,24)/t12-,14+/m0/s1. The number of rotatable bonds is 5. The lowest BCUT2D eigenvalue weighted by molar-refractivity contribution is -0.125. The summed E-state index contributed by atoms with van der Waals surface area (Å²) in [5, 5.41) is 6.49. The van der Waals surface area contributed by atoms with Crippen molar-refractivity contribution in [3.63, 3.8) is 0 Å². The van der Waals surface area contributed by atoms with Gasteiger partial charge in [-0.15, -0.1) is 0 Å². The maximum absolute atomic E-state index is 13.1. The largest absolute Gasteiger partial charge is 0.338 e. The smallest absolute Gasteiger partial charge is 0.224 e. The highest BCUT2D eigenvalue weighted by Gasteiger charge is 2.44. The first-order valence-electron chi connectivity index (χ1n) is 8.93. The zero-order valence-electron chi connectivity index (χ0n) is 14.6. The highest BCUT2D eigenvalue weighted by atomic mass is 35.5. The Hall–Kier alpha value is -1.90. The van der Waals surface area contributed by atoms with Crippen LogP contribution in [-0.4, -0.2) is 35.0 Å². The Morgan fingerprint density at radius 2 is 2.11 bits per heavy atom. The number of hydrogen-bond acceptors (Lipinski definition) is 5. The lowest BCUT2D eigenvalue weighted by atomic mass is 10.1. The first-order valence-corrected chi connectivity index (χ1v) is 10.9. The number of nitrogens with one attached hydrogen (secondary N) is 1. The van der Waals surface area contributed by atoms with E-state index in [1.807, 2.05) is 0 Å². The third kappa shape index (κ3) is 3.61. The molecule has 1 aromatic carbocycles. The highest BCUT2D eigenvalue weighted by Crippen LogP contribution is 2.38. The van der Waals surface area contributed by atoms with Crippen molar-refractivity contribution in [2.75, 3.05) is 0 Å². The summed E-state index contributed by atoms with van der Waals surface area (Å²) < 4.78 is 27.7. The fraction of sp³-hybridized carbons (Fsp3) is 0.444. The fourth-order valence-corrected chi connectivity index (χ4v) is 5.91. The van der Waals surface area contributed by atoms with E-state index in [2.05, 4.69) is 10.4 Å². The van der Waals surface area contributed by atoms with Crippen LogP contribution in [0.25, 0.3) is 5.69 Å². The van der Waals surface area contributed by atoms with Crippen molar-refractivity contribution in [3.05, 3.63) is 41.7 Å². The van der Waals surface area contributed by atoms with Crippen LogP contribution in [0.4, 0.5) is 0 Å². The summed E-state index contributed by atoms with van der Waals surface area (Å²) in [7, 11) is -3.62. The predicted octanol–water partition coefficient (Wildman–Crippen LogP) is 2.03. The molecule has 9 heteroatoms. The Bertz CT molecular complexity index is 970. The molecule has 0 saturated heterocycles. The van der Waals surface area contributed by atoms with Crippen LogP contribution >= 0.6 is 11.6 Å². The average Bonchev–Trinajstić information content (AvgIpc) is 3.09. The molecule has 2 aliphatic carbocycles. The zero-order valence-corrected chi connectivity index (χ0v) is 16.2. The Morgan fingerprint density at radius 3 is 2.74 bits per heavy atom. The van der Waals surface area contributed by atoms with E-state index >= 15 is 0 Å². The molecular formula is C18H21ClN4O3S. The first kappa shape index (κ1) is 18.5. The summed E-state index contributed by atoms with van der Waals surface area (Å²) in [6.45, 7) is 0. The topological polar surface area (TPSA) is 107 Å². The van der Waals surface area contributed by atoms with Gasteiger partial charge in [0.25, 0.3) is 0 Å². The maximum Gasteiger partial charge on any atom is 0.224 e. The van der Waals surface area contributed by atoms with Gasteiger partial charge in [0.05, 0.1) is 26.5 Å². The number of benzene rings is 1. The summed E-state index contributed by atoms with van der Waals surface area (Å²) in [6, 6.07) is 6.55. The number of sulfone groups is 1. The number of carbonyl (C=O) groups excluding carboxylic acids is 1. The average molecular weight is 409 g/mol. The molecule has 1 amide bonds. The lowest BCUT2D eigenvalue weighted by Gasteiger charge is -2.17. The summed E-state index contributed by atoms with van der Waals surface area (Å²) in [5.41, 5.74) is 6.03. The predicted molar refractivity (Wildman–Crippen MR) is 101 cm³/mol. The van der Waals surface area contributed by atoms with Gasteiger partial charge in [-0.2, -0.15) is 5.10 Å². The number of nitrogens with two attached hydrogens (primary N) is 1. The minimum absolute atomic E-state index is 0.101. The minimum Gasteiger partial charge on any atom is -0.338 e. The van der Waals surface area contributed by atoms with Crippen molar-refractivity contribution < 1.29 is 13.2 Å². The molecule has 0 radical (unpaired) electrons. The van der Waals surface area contributed by atoms with Crippen LogP contribution in [-0.2, 0) is 14.6 Å². The second kappa shape index (κ2) is 6.61. The minimum atomic E-state index is -3.62. The van der Waals surface area contributed by atoms with E-state index in [1.165, 1.54) is 6.07 Å². The molecule has 0 aliphatic heterocycles. The van der Waals surface area contributed by atoms with Crippen molar-refractivity contribution in [3.8, 4) is 5.69 Å². The van der Waals surface area contributed by atoms with Gasteiger partial charge in [0, 0.05) is 18.3 Å². The number of carbonyl (C=O) groups is 1. The number of aromatic nitrogens is 2. The monoisotopic (exact) mass is 408 g/mol. The van der Waals surface area contributed by atoms with Crippen molar-refractivity contribution >= 4 is 27.3 Å². The van der Waals surface area contributed by atoms with Gasteiger partial charge in [-0.05, 0) is 56.4 Å². The molecule has 1 heterocycles. The molecule has 2 aromatic rings. The van der Waals surface area contributed by atoms with E-state index in [0.29, 0.717) is 24.9 Å². The van der Waals surface area contributed by atoms with Crippen molar-refractivity contribution in [1.82, 2.24) is 15.1 Å². The molecule has 144 valence electrons. The van der Waals surface area contributed by atoms with Gasteiger partial charge < -0.3 is 11.1 Å². The number of halogens is 1. The second-order valence-electron chi connectivity index (χ2n) is 7.39. The molecule has 4 rings (SSSR count). The Morgan fingerprint density at radius 1 is 1.33 bits per heavy atom. The van der Waals surface area contributed by atoms with Crippen LogP contribution < -0.4 is 11.1 Å². The number of amides is 1. The summed E-state index contributed by atoms with van der Waals surface area (Å²) in [6.07, 6.45) is 6.20. The van der Waals surface area contributed by atoms with Gasteiger partial charge >= 0.3 is 0 Å². The van der Waals surface area contributed by atoms with E-state index in [-0.39, 0.29) is 21.7 Å². The first-order chi connectivity index (χ1) is 12.8. The second-order valence-corrected chi connectivity index (χ2v) is 9.99. The van der Waals surface area contributed by atoms with Crippen molar-refractivity contribution in [1.29, 1.82) is 0 Å². The molecule has 2 aliphatic rings. The molecule has 2 saturated carbocycles. The van der Waals surface area contributed by atoms with Crippen LogP contribution in [0.15, 0.2) is 41.6 Å². The van der Waals surface area contributed by atoms with E-state index in [4.69, 9.17) is 17.3 Å². The van der Waals surface area contributed by atoms with Gasteiger partial charge in [0.1, 0.15) is 0 Å². The molecule has 27 heavy (non-hydrogen) atoms. The van der Waals surface area contributed by atoms with Crippen LogP contribution in [0.5, 0.6) is 0 Å². The molecule has 3 N–H and O–H groups in total. The molecule has 2 atom stereocenters. The summed E-state index contributed by atoms with van der Waals surface area (Å²) in [4.78, 5) is 12.4. The molecule has 2 fully saturated rings.